The fourth-order valence-corrected chi connectivity index (χ4v) is 2.46. The molecule has 0 radical (unpaired) electrons. The molecule has 0 bridgehead atoms. The van der Waals surface area contributed by atoms with Gasteiger partial charge in [0.1, 0.15) is 11.6 Å². The lowest BCUT2D eigenvalue weighted by Crippen LogP contribution is -2.44. The quantitative estimate of drug-likeness (QED) is 0.789. The lowest BCUT2D eigenvalue weighted by molar-refractivity contribution is -0.122. The van der Waals surface area contributed by atoms with Crippen LogP contribution in [0.2, 0.25) is 0 Å². The smallest absolute Gasteiger partial charge is 0.261 e. The van der Waals surface area contributed by atoms with E-state index in [2.05, 4.69) is 10.6 Å². The zero-order valence-corrected chi connectivity index (χ0v) is 10.8. The van der Waals surface area contributed by atoms with Gasteiger partial charge in [0.05, 0.1) is 0 Å². The summed E-state index contributed by atoms with van der Waals surface area (Å²) in [6, 6.07) is 10.8. The van der Waals surface area contributed by atoms with Crippen molar-refractivity contribution in [3.05, 3.63) is 71.3 Å². The van der Waals surface area contributed by atoms with Crippen LogP contribution in [-0.2, 0) is 10.3 Å². The molecule has 0 atom stereocenters. The van der Waals surface area contributed by atoms with Crippen LogP contribution in [0.25, 0.3) is 0 Å². The minimum Gasteiger partial charge on any atom is -0.334 e. The summed E-state index contributed by atoms with van der Waals surface area (Å²) in [4.78, 5) is 12.4. The van der Waals surface area contributed by atoms with E-state index in [-0.39, 0.29) is 5.96 Å². The zero-order valence-electron chi connectivity index (χ0n) is 10.8. The van der Waals surface area contributed by atoms with Crippen molar-refractivity contribution in [2.45, 2.75) is 5.54 Å². The van der Waals surface area contributed by atoms with Gasteiger partial charge in [0.2, 0.25) is 0 Å². The first-order valence-electron chi connectivity index (χ1n) is 6.22. The number of rotatable bonds is 2. The number of halogens is 2. The highest BCUT2D eigenvalue weighted by Crippen LogP contribution is 2.32. The Labute approximate surface area is 119 Å². The molecule has 0 aromatic heterocycles. The standard InChI is InChI=1S/C15H11F2N3O/c16-11-5-1-9(2-6-11)15(13(21)19-14(18)20-15)10-3-7-12(17)8-4-10/h1-8H,(H3,18,19,20,21). The molecule has 106 valence electrons. The van der Waals surface area contributed by atoms with Crippen molar-refractivity contribution in [1.82, 2.24) is 10.6 Å². The lowest BCUT2D eigenvalue weighted by atomic mass is 9.83. The monoisotopic (exact) mass is 287 g/mol. The molecule has 1 aliphatic heterocycles. The summed E-state index contributed by atoms with van der Waals surface area (Å²) in [5.41, 5.74) is -0.427. The number of carbonyl (C=O) groups is 1. The summed E-state index contributed by atoms with van der Waals surface area (Å²) in [7, 11) is 0. The first-order valence-corrected chi connectivity index (χ1v) is 6.22. The Hall–Kier alpha value is -2.76. The van der Waals surface area contributed by atoms with E-state index in [4.69, 9.17) is 5.41 Å². The van der Waals surface area contributed by atoms with Crippen molar-refractivity contribution in [2.24, 2.45) is 0 Å². The third-order valence-corrected chi connectivity index (χ3v) is 3.45. The van der Waals surface area contributed by atoms with E-state index in [1.807, 2.05) is 0 Å². The van der Waals surface area contributed by atoms with Crippen LogP contribution >= 0.6 is 0 Å². The van der Waals surface area contributed by atoms with E-state index in [1.54, 1.807) is 0 Å². The maximum absolute atomic E-state index is 13.1. The Morgan fingerprint density at radius 1 is 0.857 bits per heavy atom. The Morgan fingerprint density at radius 3 is 1.62 bits per heavy atom. The molecule has 3 rings (SSSR count). The number of hydrogen-bond donors (Lipinski definition) is 3. The molecule has 0 aliphatic carbocycles. The fraction of sp³-hybridized carbons (Fsp3) is 0.0667. The topological polar surface area (TPSA) is 65.0 Å². The summed E-state index contributed by atoms with van der Waals surface area (Å²) in [6.45, 7) is 0. The second-order valence-electron chi connectivity index (χ2n) is 4.72. The number of hydrogen-bond acceptors (Lipinski definition) is 2. The minimum atomic E-state index is -1.36. The van der Waals surface area contributed by atoms with Crippen LogP contribution in [0.1, 0.15) is 11.1 Å². The van der Waals surface area contributed by atoms with Gasteiger partial charge in [-0.1, -0.05) is 24.3 Å². The Bertz CT molecular complexity index is 665. The average Bonchev–Trinajstić information content (AvgIpc) is 2.76. The average molecular weight is 287 g/mol. The summed E-state index contributed by atoms with van der Waals surface area (Å²) < 4.78 is 26.2. The van der Waals surface area contributed by atoms with Gasteiger partial charge in [0, 0.05) is 0 Å². The molecule has 4 nitrogen and oxygen atoms in total. The summed E-state index contributed by atoms with van der Waals surface area (Å²) in [5.74, 6) is -1.48. The van der Waals surface area contributed by atoms with Gasteiger partial charge in [-0.25, -0.2) is 8.78 Å². The predicted octanol–water partition coefficient (Wildman–Crippen LogP) is 1.86. The highest BCUT2D eigenvalue weighted by Gasteiger charge is 2.47. The number of amides is 1. The molecule has 1 saturated heterocycles. The third kappa shape index (κ3) is 2.05. The Morgan fingerprint density at radius 2 is 1.29 bits per heavy atom. The Balaban J connectivity index is 2.20. The maximum Gasteiger partial charge on any atom is 0.261 e. The highest BCUT2D eigenvalue weighted by atomic mass is 19.1. The first kappa shape index (κ1) is 13.2. The van der Waals surface area contributed by atoms with E-state index in [0.29, 0.717) is 11.1 Å². The molecule has 2 aromatic rings. The number of benzene rings is 2. The maximum atomic E-state index is 13.1. The van der Waals surface area contributed by atoms with E-state index >= 15 is 0 Å². The van der Waals surface area contributed by atoms with Crippen LogP contribution in [0.5, 0.6) is 0 Å². The van der Waals surface area contributed by atoms with Crippen LogP contribution in [0.3, 0.4) is 0 Å². The summed E-state index contributed by atoms with van der Waals surface area (Å²) >= 11 is 0. The lowest BCUT2D eigenvalue weighted by Gasteiger charge is -2.27. The van der Waals surface area contributed by atoms with Gasteiger partial charge in [-0.05, 0) is 35.4 Å². The first-order chi connectivity index (χ1) is 10.0. The van der Waals surface area contributed by atoms with Crippen LogP contribution in [0.4, 0.5) is 8.78 Å². The van der Waals surface area contributed by atoms with E-state index < -0.39 is 23.1 Å². The zero-order chi connectivity index (χ0) is 15.0. The summed E-state index contributed by atoms with van der Waals surface area (Å²) in [5, 5.41) is 12.8. The van der Waals surface area contributed by atoms with Crippen LogP contribution in [0, 0.1) is 17.0 Å². The normalized spacial score (nSPS) is 16.5. The Kier molecular flexibility index (Phi) is 2.94. The largest absolute Gasteiger partial charge is 0.334 e. The molecule has 1 amide bonds. The fourth-order valence-electron chi connectivity index (χ4n) is 2.46. The number of guanidine groups is 1. The van der Waals surface area contributed by atoms with Crippen molar-refractivity contribution in [1.29, 1.82) is 5.41 Å². The number of carbonyl (C=O) groups excluding carboxylic acids is 1. The molecular formula is C15H11F2N3O. The van der Waals surface area contributed by atoms with Gasteiger partial charge in [-0.3, -0.25) is 15.5 Å². The van der Waals surface area contributed by atoms with Gasteiger partial charge >= 0.3 is 0 Å². The second kappa shape index (κ2) is 4.66. The van der Waals surface area contributed by atoms with Gasteiger partial charge in [0.25, 0.3) is 5.91 Å². The van der Waals surface area contributed by atoms with Gasteiger partial charge in [-0.15, -0.1) is 0 Å². The molecule has 1 aliphatic rings. The van der Waals surface area contributed by atoms with Crippen molar-refractivity contribution in [3.63, 3.8) is 0 Å². The van der Waals surface area contributed by atoms with Crippen LogP contribution in [-0.4, -0.2) is 11.9 Å². The molecule has 3 N–H and O–H groups in total. The molecule has 21 heavy (non-hydrogen) atoms. The molecule has 0 unspecified atom stereocenters. The molecule has 0 spiro atoms. The van der Waals surface area contributed by atoms with E-state index in [1.165, 1.54) is 48.5 Å². The molecule has 1 heterocycles. The van der Waals surface area contributed by atoms with Crippen molar-refractivity contribution < 1.29 is 13.6 Å². The van der Waals surface area contributed by atoms with E-state index in [0.717, 1.165) is 0 Å². The summed E-state index contributed by atoms with van der Waals surface area (Å²) in [6.07, 6.45) is 0. The van der Waals surface area contributed by atoms with Gasteiger partial charge in [0.15, 0.2) is 11.5 Å². The van der Waals surface area contributed by atoms with Gasteiger partial charge < -0.3 is 5.32 Å². The molecule has 2 aromatic carbocycles. The van der Waals surface area contributed by atoms with Crippen LogP contribution < -0.4 is 10.6 Å². The van der Waals surface area contributed by atoms with Crippen LogP contribution in [0.15, 0.2) is 48.5 Å². The number of nitrogens with one attached hydrogen (secondary N) is 3. The molecule has 0 saturated carbocycles. The van der Waals surface area contributed by atoms with Crippen molar-refractivity contribution >= 4 is 11.9 Å². The second-order valence-corrected chi connectivity index (χ2v) is 4.72. The minimum absolute atomic E-state index is 0.159. The van der Waals surface area contributed by atoms with Crippen molar-refractivity contribution in [3.8, 4) is 0 Å². The van der Waals surface area contributed by atoms with Gasteiger partial charge in [-0.2, -0.15) is 0 Å². The van der Waals surface area contributed by atoms with Crippen molar-refractivity contribution in [2.75, 3.05) is 0 Å². The van der Waals surface area contributed by atoms with E-state index in [9.17, 15) is 13.6 Å². The molecular weight excluding hydrogens is 276 g/mol. The predicted molar refractivity (Wildman–Crippen MR) is 72.6 cm³/mol. The third-order valence-electron chi connectivity index (χ3n) is 3.45. The highest BCUT2D eigenvalue weighted by molar-refractivity contribution is 6.10. The molecule has 6 heteroatoms. The molecule has 1 fully saturated rings. The SMILES string of the molecule is N=C1NC(=O)C(c2ccc(F)cc2)(c2ccc(F)cc2)N1.